The molecule has 0 atom stereocenters. The van der Waals surface area contributed by atoms with Crippen LogP contribution in [0.1, 0.15) is 0 Å². The van der Waals surface area contributed by atoms with Crippen LogP contribution >= 0.6 is 11.3 Å². The fourth-order valence-corrected chi connectivity index (χ4v) is 9.35. The van der Waals surface area contributed by atoms with Crippen molar-refractivity contribution in [2.45, 2.75) is 0 Å². The maximum Gasteiger partial charge on any atom is 0.136 e. The van der Waals surface area contributed by atoms with Crippen LogP contribution in [0.15, 0.2) is 192 Å². The zero-order valence-electron chi connectivity index (χ0n) is 28.7. The second-order valence-corrected chi connectivity index (χ2v) is 14.7. The summed E-state index contributed by atoms with van der Waals surface area (Å²) in [7, 11) is 0. The van der Waals surface area contributed by atoms with E-state index in [0.717, 1.165) is 33.8 Å². The van der Waals surface area contributed by atoms with Crippen molar-refractivity contribution in [2.75, 3.05) is 4.90 Å². The van der Waals surface area contributed by atoms with Gasteiger partial charge < -0.3 is 9.32 Å². The van der Waals surface area contributed by atoms with Gasteiger partial charge in [-0.05, 0) is 93.0 Å². The first-order valence-corrected chi connectivity index (χ1v) is 18.8. The van der Waals surface area contributed by atoms with Crippen molar-refractivity contribution < 1.29 is 4.42 Å². The first-order valence-electron chi connectivity index (χ1n) is 18.0. The van der Waals surface area contributed by atoms with Crippen LogP contribution in [0.3, 0.4) is 0 Å². The Kier molecular flexibility index (Phi) is 6.76. The molecule has 0 bridgehead atoms. The fraction of sp³-hybridized carbons (Fsp3) is 0. The minimum Gasteiger partial charge on any atom is -0.456 e. The first kappa shape index (κ1) is 30.0. The molecular weight excluding hydrogens is 663 g/mol. The molecular formula is C50H31NOS. The molecule has 0 radical (unpaired) electrons. The Balaban J connectivity index is 1.10. The van der Waals surface area contributed by atoms with E-state index in [2.05, 4.69) is 193 Å². The van der Waals surface area contributed by atoms with Gasteiger partial charge in [0.25, 0.3) is 0 Å². The molecule has 11 rings (SSSR count). The van der Waals surface area contributed by atoms with Gasteiger partial charge in [0.1, 0.15) is 11.2 Å². The molecule has 53 heavy (non-hydrogen) atoms. The molecule has 0 unspecified atom stereocenters. The van der Waals surface area contributed by atoms with Gasteiger partial charge in [0, 0.05) is 47.7 Å². The molecule has 0 saturated heterocycles. The lowest BCUT2D eigenvalue weighted by Crippen LogP contribution is -2.10. The van der Waals surface area contributed by atoms with Crippen molar-refractivity contribution in [2.24, 2.45) is 0 Å². The van der Waals surface area contributed by atoms with E-state index in [1.54, 1.807) is 0 Å². The molecule has 0 fully saturated rings. The summed E-state index contributed by atoms with van der Waals surface area (Å²) in [6.07, 6.45) is 0. The number of thiophene rings is 1. The fourth-order valence-electron chi connectivity index (χ4n) is 8.23. The molecule has 0 aliphatic rings. The van der Waals surface area contributed by atoms with Gasteiger partial charge in [0.2, 0.25) is 0 Å². The van der Waals surface area contributed by atoms with Gasteiger partial charge in [0.05, 0.1) is 5.69 Å². The predicted molar refractivity (Wildman–Crippen MR) is 227 cm³/mol. The van der Waals surface area contributed by atoms with E-state index < -0.39 is 0 Å². The molecule has 2 nitrogen and oxygen atoms in total. The number of anilines is 3. The third-order valence-electron chi connectivity index (χ3n) is 10.7. The zero-order valence-corrected chi connectivity index (χ0v) is 29.5. The number of benzene rings is 9. The van der Waals surface area contributed by atoms with Crippen LogP contribution in [0.25, 0.3) is 85.9 Å². The first-order chi connectivity index (χ1) is 26.3. The number of hydrogen-bond donors (Lipinski definition) is 0. The summed E-state index contributed by atoms with van der Waals surface area (Å²) in [6, 6.07) is 67.9. The maximum absolute atomic E-state index is 6.53. The van der Waals surface area contributed by atoms with Gasteiger partial charge in [0.15, 0.2) is 0 Å². The third kappa shape index (κ3) is 4.78. The van der Waals surface area contributed by atoms with Gasteiger partial charge in [-0.25, -0.2) is 0 Å². The number of nitrogens with zero attached hydrogens (tertiary/aromatic N) is 1. The molecule has 2 aromatic heterocycles. The van der Waals surface area contributed by atoms with Gasteiger partial charge in [-0.2, -0.15) is 0 Å². The molecule has 0 aliphatic heterocycles. The van der Waals surface area contributed by atoms with E-state index in [1.807, 2.05) is 11.3 Å². The van der Waals surface area contributed by atoms with Crippen molar-refractivity contribution in [3.8, 4) is 22.3 Å². The molecule has 0 aliphatic carbocycles. The summed E-state index contributed by atoms with van der Waals surface area (Å²) in [6.45, 7) is 0. The SMILES string of the molecule is c1ccc(-c2ccc(N(c3ccc(-c4cccc5oc6ccc7sc8ccccc8c7c6c45)cc3)c3cc4ccccc4c4ccccc34)cc2)cc1. The highest BCUT2D eigenvalue weighted by Crippen LogP contribution is 2.46. The largest absolute Gasteiger partial charge is 0.456 e. The quantitative estimate of drug-likeness (QED) is 0.167. The highest BCUT2D eigenvalue weighted by Gasteiger charge is 2.20. The van der Waals surface area contributed by atoms with E-state index >= 15 is 0 Å². The minimum atomic E-state index is 0.909. The van der Waals surface area contributed by atoms with Crippen LogP contribution in [0.5, 0.6) is 0 Å². The van der Waals surface area contributed by atoms with Crippen molar-refractivity contribution >= 4 is 92.1 Å². The van der Waals surface area contributed by atoms with E-state index in [9.17, 15) is 0 Å². The van der Waals surface area contributed by atoms with Crippen molar-refractivity contribution in [1.29, 1.82) is 0 Å². The van der Waals surface area contributed by atoms with Crippen LogP contribution < -0.4 is 4.90 Å². The molecule has 0 spiro atoms. The number of hydrogen-bond acceptors (Lipinski definition) is 3. The van der Waals surface area contributed by atoms with Gasteiger partial charge in [-0.15, -0.1) is 11.3 Å². The number of furan rings is 1. The molecule has 0 amide bonds. The highest BCUT2D eigenvalue weighted by atomic mass is 32.1. The van der Waals surface area contributed by atoms with Gasteiger partial charge >= 0.3 is 0 Å². The topological polar surface area (TPSA) is 16.4 Å². The lowest BCUT2D eigenvalue weighted by Gasteiger charge is -2.28. The lowest BCUT2D eigenvalue weighted by atomic mass is 9.96. The Labute approximate surface area is 310 Å². The minimum absolute atomic E-state index is 0.909. The highest BCUT2D eigenvalue weighted by molar-refractivity contribution is 7.26. The molecule has 248 valence electrons. The van der Waals surface area contributed by atoms with Gasteiger partial charge in [-0.1, -0.05) is 133 Å². The zero-order chi connectivity index (χ0) is 34.9. The second kappa shape index (κ2) is 11.9. The van der Waals surface area contributed by atoms with Gasteiger partial charge in [-0.3, -0.25) is 0 Å². The summed E-state index contributed by atoms with van der Waals surface area (Å²) in [4.78, 5) is 2.40. The van der Waals surface area contributed by atoms with Crippen molar-refractivity contribution in [3.05, 3.63) is 188 Å². The standard InChI is InChI=1S/C50H31NOS/c1-2-11-32(12-3-1)33-21-25-36(26-22-33)51(43-31-35-13-4-5-14-38(35)40-15-6-7-16-41(40)43)37-27-23-34(24-28-37)39-18-10-19-44-48(39)50-45(52-44)29-30-47-49(50)42-17-8-9-20-46(42)53-47/h1-31H. The molecule has 11 aromatic rings. The predicted octanol–water partition coefficient (Wildman–Crippen LogP) is 15.1. The van der Waals surface area contributed by atoms with Crippen LogP contribution in [0.2, 0.25) is 0 Å². The van der Waals surface area contributed by atoms with Crippen LogP contribution in [-0.4, -0.2) is 0 Å². The van der Waals surface area contributed by atoms with Crippen molar-refractivity contribution in [3.63, 3.8) is 0 Å². The smallest absolute Gasteiger partial charge is 0.136 e. The van der Waals surface area contributed by atoms with Crippen LogP contribution in [0, 0.1) is 0 Å². The molecule has 9 aromatic carbocycles. The van der Waals surface area contributed by atoms with Crippen molar-refractivity contribution in [1.82, 2.24) is 0 Å². The molecule has 3 heteroatoms. The van der Waals surface area contributed by atoms with E-state index in [1.165, 1.54) is 69.2 Å². The Morgan fingerprint density at radius 1 is 0.377 bits per heavy atom. The Bertz CT molecular complexity index is 3150. The van der Waals surface area contributed by atoms with E-state index in [4.69, 9.17) is 4.42 Å². The summed E-state index contributed by atoms with van der Waals surface area (Å²) in [5.74, 6) is 0. The van der Waals surface area contributed by atoms with Crippen LogP contribution in [0.4, 0.5) is 17.1 Å². The summed E-state index contributed by atoms with van der Waals surface area (Å²) < 4.78 is 9.11. The van der Waals surface area contributed by atoms with E-state index in [0.29, 0.717) is 0 Å². The summed E-state index contributed by atoms with van der Waals surface area (Å²) in [5, 5.41) is 9.85. The summed E-state index contributed by atoms with van der Waals surface area (Å²) in [5.41, 5.74) is 9.91. The average Bonchev–Trinajstić information content (AvgIpc) is 3.80. The normalized spacial score (nSPS) is 11.8. The molecule has 0 N–H and O–H groups in total. The number of rotatable bonds is 5. The Morgan fingerprint density at radius 2 is 1.00 bits per heavy atom. The Hall–Kier alpha value is -6.68. The maximum atomic E-state index is 6.53. The monoisotopic (exact) mass is 693 g/mol. The average molecular weight is 694 g/mol. The summed E-state index contributed by atoms with van der Waals surface area (Å²) >= 11 is 1.84. The Morgan fingerprint density at radius 3 is 1.79 bits per heavy atom. The van der Waals surface area contributed by atoms with Crippen LogP contribution in [-0.2, 0) is 0 Å². The molecule has 2 heterocycles. The lowest BCUT2D eigenvalue weighted by molar-refractivity contribution is 0.669. The third-order valence-corrected chi connectivity index (χ3v) is 11.8. The second-order valence-electron chi connectivity index (χ2n) is 13.6. The number of fused-ring (bicyclic) bond motifs is 10. The van der Waals surface area contributed by atoms with E-state index in [-0.39, 0.29) is 0 Å². The molecule has 0 saturated carbocycles.